The highest BCUT2D eigenvalue weighted by Crippen LogP contribution is 2.17. The fourth-order valence-electron chi connectivity index (χ4n) is 3.17. The Morgan fingerprint density at radius 1 is 1.31 bits per heavy atom. The van der Waals surface area contributed by atoms with Gasteiger partial charge in [0, 0.05) is 33.2 Å². The molecule has 1 aromatic carbocycles. The van der Waals surface area contributed by atoms with Crippen LogP contribution in [0, 0.1) is 0 Å². The fourth-order valence-corrected chi connectivity index (χ4v) is 4.74. The monoisotopic (exact) mass is 422 g/mol. The number of aliphatic imine (C=N–C) groups is 1. The lowest BCUT2D eigenvalue weighted by Gasteiger charge is -2.26. The third kappa shape index (κ3) is 7.45. The van der Waals surface area contributed by atoms with Crippen molar-refractivity contribution in [3.05, 3.63) is 48.0 Å². The first kappa shape index (κ1) is 23.4. The van der Waals surface area contributed by atoms with E-state index in [1.54, 1.807) is 0 Å². The van der Waals surface area contributed by atoms with Crippen molar-refractivity contribution in [3.63, 3.8) is 0 Å². The molecule has 0 spiro atoms. The number of nitrogens with one attached hydrogen (secondary N) is 1. The van der Waals surface area contributed by atoms with Gasteiger partial charge in [0.1, 0.15) is 0 Å². The number of hydrogen-bond acceptors (Lipinski definition) is 4. The van der Waals surface area contributed by atoms with E-state index < -0.39 is 10.0 Å². The van der Waals surface area contributed by atoms with Gasteiger partial charge < -0.3 is 15.0 Å². The lowest BCUT2D eigenvalue weighted by molar-refractivity contribution is 0.0729. The molecular weight excluding hydrogens is 388 g/mol. The van der Waals surface area contributed by atoms with Crippen LogP contribution >= 0.6 is 0 Å². The Bertz CT molecular complexity index is 774. The predicted octanol–water partition coefficient (Wildman–Crippen LogP) is 2.21. The van der Waals surface area contributed by atoms with Crippen LogP contribution in [0.15, 0.2) is 41.9 Å². The molecule has 1 aromatic rings. The Morgan fingerprint density at radius 2 is 2.00 bits per heavy atom. The SMILES string of the molecule is C=CCCCN(C)C(=NCc1ccccc1CS(=O)(=O)N1CCOCC1)NCC. The second kappa shape index (κ2) is 11.9. The molecule has 1 fully saturated rings. The van der Waals surface area contributed by atoms with Gasteiger partial charge in [0.25, 0.3) is 0 Å². The summed E-state index contributed by atoms with van der Waals surface area (Å²) in [5.41, 5.74) is 1.73. The van der Waals surface area contributed by atoms with Crippen LogP contribution in [0.1, 0.15) is 30.9 Å². The molecule has 0 bridgehead atoms. The van der Waals surface area contributed by atoms with Gasteiger partial charge in [-0.2, -0.15) is 4.31 Å². The van der Waals surface area contributed by atoms with Gasteiger partial charge in [-0.3, -0.25) is 0 Å². The third-order valence-electron chi connectivity index (χ3n) is 4.82. The summed E-state index contributed by atoms with van der Waals surface area (Å²) in [6.45, 7) is 9.64. The van der Waals surface area contributed by atoms with Crippen molar-refractivity contribution >= 4 is 16.0 Å². The zero-order valence-electron chi connectivity index (χ0n) is 17.6. The summed E-state index contributed by atoms with van der Waals surface area (Å²) in [5, 5.41) is 3.31. The van der Waals surface area contributed by atoms with Gasteiger partial charge >= 0.3 is 0 Å². The molecule has 0 unspecified atom stereocenters. The van der Waals surface area contributed by atoms with E-state index in [1.165, 1.54) is 4.31 Å². The predicted molar refractivity (Wildman–Crippen MR) is 118 cm³/mol. The quantitative estimate of drug-likeness (QED) is 0.271. The van der Waals surface area contributed by atoms with Crippen molar-refractivity contribution in [3.8, 4) is 0 Å². The summed E-state index contributed by atoms with van der Waals surface area (Å²) in [6, 6.07) is 7.64. The molecular formula is C21H34N4O3S. The van der Waals surface area contributed by atoms with Crippen molar-refractivity contribution in [2.75, 3.05) is 46.4 Å². The normalized spacial score (nSPS) is 15.9. The molecule has 162 valence electrons. The summed E-state index contributed by atoms with van der Waals surface area (Å²) in [6.07, 6.45) is 3.90. The molecule has 0 aliphatic carbocycles. The zero-order chi connectivity index (χ0) is 21.1. The summed E-state index contributed by atoms with van der Waals surface area (Å²) in [4.78, 5) is 6.84. The molecule has 0 radical (unpaired) electrons. The summed E-state index contributed by atoms with van der Waals surface area (Å²) in [7, 11) is -1.36. The molecule has 7 nitrogen and oxygen atoms in total. The highest BCUT2D eigenvalue weighted by molar-refractivity contribution is 7.88. The van der Waals surface area contributed by atoms with Crippen LogP contribution in [0.2, 0.25) is 0 Å². The lowest BCUT2D eigenvalue weighted by atomic mass is 10.1. The van der Waals surface area contributed by atoms with Gasteiger partial charge in [0.15, 0.2) is 5.96 Å². The Morgan fingerprint density at radius 3 is 2.66 bits per heavy atom. The average molecular weight is 423 g/mol. The molecule has 0 atom stereocenters. The molecule has 1 saturated heterocycles. The van der Waals surface area contributed by atoms with Gasteiger partial charge in [-0.1, -0.05) is 30.3 Å². The molecule has 2 rings (SSSR count). The summed E-state index contributed by atoms with van der Waals surface area (Å²) in [5.74, 6) is 0.812. The van der Waals surface area contributed by atoms with Crippen LogP contribution in [0.25, 0.3) is 0 Å². The van der Waals surface area contributed by atoms with E-state index in [9.17, 15) is 8.42 Å². The van der Waals surface area contributed by atoms with Crippen LogP contribution in [0.4, 0.5) is 0 Å². The standard InChI is InChI=1S/C21H34N4O3S/c1-4-6-9-12-24(3)21(22-5-2)23-17-19-10-7-8-11-20(19)18-29(26,27)25-13-15-28-16-14-25/h4,7-8,10-11H,1,5-6,9,12-18H2,2-3H3,(H,22,23). The van der Waals surface area contributed by atoms with E-state index in [1.807, 2.05) is 44.3 Å². The largest absolute Gasteiger partial charge is 0.379 e. The number of nitrogens with zero attached hydrogens (tertiary/aromatic N) is 3. The molecule has 0 saturated carbocycles. The number of morpholine rings is 1. The first-order valence-corrected chi connectivity index (χ1v) is 11.8. The van der Waals surface area contributed by atoms with Crippen molar-refractivity contribution in [2.45, 2.75) is 32.1 Å². The Labute approximate surface area is 175 Å². The van der Waals surface area contributed by atoms with E-state index in [-0.39, 0.29) is 5.75 Å². The lowest BCUT2D eigenvalue weighted by Crippen LogP contribution is -2.41. The highest BCUT2D eigenvalue weighted by atomic mass is 32.2. The number of hydrogen-bond donors (Lipinski definition) is 1. The Hall–Kier alpha value is -1.90. The highest BCUT2D eigenvalue weighted by Gasteiger charge is 2.25. The van der Waals surface area contributed by atoms with Crippen molar-refractivity contribution in [1.82, 2.24) is 14.5 Å². The number of guanidine groups is 1. The summed E-state index contributed by atoms with van der Waals surface area (Å²) < 4.78 is 32.4. The number of sulfonamides is 1. The fraction of sp³-hybridized carbons (Fsp3) is 0.571. The van der Waals surface area contributed by atoms with E-state index in [0.29, 0.717) is 32.8 Å². The number of rotatable bonds is 10. The number of unbranched alkanes of at least 4 members (excludes halogenated alkanes) is 1. The molecule has 1 heterocycles. The molecule has 1 aliphatic rings. The minimum Gasteiger partial charge on any atom is -0.379 e. The molecule has 1 N–H and O–H groups in total. The molecule has 0 aromatic heterocycles. The maximum Gasteiger partial charge on any atom is 0.218 e. The topological polar surface area (TPSA) is 74.2 Å². The Kier molecular flexibility index (Phi) is 9.63. The third-order valence-corrected chi connectivity index (χ3v) is 6.64. The van der Waals surface area contributed by atoms with E-state index in [2.05, 4.69) is 16.8 Å². The molecule has 1 aliphatic heterocycles. The van der Waals surface area contributed by atoms with E-state index >= 15 is 0 Å². The van der Waals surface area contributed by atoms with Crippen LogP contribution in [-0.4, -0.2) is 70.0 Å². The van der Waals surface area contributed by atoms with Crippen molar-refractivity contribution in [2.24, 2.45) is 4.99 Å². The maximum atomic E-state index is 12.8. The van der Waals surface area contributed by atoms with Crippen LogP contribution in [0.5, 0.6) is 0 Å². The maximum absolute atomic E-state index is 12.8. The smallest absolute Gasteiger partial charge is 0.218 e. The van der Waals surface area contributed by atoms with Gasteiger partial charge in [0.05, 0.1) is 25.5 Å². The first-order valence-electron chi connectivity index (χ1n) is 10.2. The van der Waals surface area contributed by atoms with Gasteiger partial charge in [-0.15, -0.1) is 6.58 Å². The van der Waals surface area contributed by atoms with Crippen LogP contribution in [-0.2, 0) is 27.1 Å². The minimum atomic E-state index is -3.37. The second-order valence-electron chi connectivity index (χ2n) is 7.06. The van der Waals surface area contributed by atoms with Crippen LogP contribution < -0.4 is 5.32 Å². The zero-order valence-corrected chi connectivity index (χ0v) is 18.5. The molecule has 0 amide bonds. The van der Waals surface area contributed by atoms with Crippen molar-refractivity contribution < 1.29 is 13.2 Å². The van der Waals surface area contributed by atoms with Gasteiger partial charge in [-0.25, -0.2) is 13.4 Å². The number of ether oxygens (including phenoxy) is 1. The Balaban J connectivity index is 2.11. The number of allylic oxidation sites excluding steroid dienone is 1. The molecule has 29 heavy (non-hydrogen) atoms. The first-order chi connectivity index (χ1) is 14.0. The summed E-state index contributed by atoms with van der Waals surface area (Å²) >= 11 is 0. The van der Waals surface area contributed by atoms with Gasteiger partial charge in [0.2, 0.25) is 10.0 Å². The average Bonchev–Trinajstić information content (AvgIpc) is 2.72. The van der Waals surface area contributed by atoms with E-state index in [0.717, 1.165) is 43.0 Å². The number of benzene rings is 1. The van der Waals surface area contributed by atoms with Crippen LogP contribution in [0.3, 0.4) is 0 Å². The minimum absolute atomic E-state index is 0.00952. The second-order valence-corrected chi connectivity index (χ2v) is 9.03. The van der Waals surface area contributed by atoms with E-state index in [4.69, 9.17) is 9.73 Å². The molecule has 8 heteroatoms. The van der Waals surface area contributed by atoms with Crippen molar-refractivity contribution in [1.29, 1.82) is 0 Å². The van der Waals surface area contributed by atoms with Gasteiger partial charge in [-0.05, 0) is 30.9 Å².